The molecular weight excluding hydrogens is 472 g/mol. The molecule has 0 saturated carbocycles. The molecule has 0 aliphatic heterocycles. The molecule has 188 valence electrons. The van der Waals surface area contributed by atoms with Crippen LogP contribution in [0.25, 0.3) is 21.9 Å². The number of carbonyl (C=O) groups is 2. The summed E-state index contributed by atoms with van der Waals surface area (Å²) in [6.45, 7) is 1.27. The molecule has 0 spiro atoms. The highest BCUT2D eigenvalue weighted by Crippen LogP contribution is 2.33. The molecule has 2 aromatic carbocycles. The van der Waals surface area contributed by atoms with Crippen LogP contribution < -0.4 is 21.7 Å². The monoisotopic (exact) mass is 496 g/mol. The summed E-state index contributed by atoms with van der Waals surface area (Å²) < 4.78 is 10.1. The molecule has 1 amide bonds. The molecule has 0 aliphatic carbocycles. The van der Waals surface area contributed by atoms with Crippen molar-refractivity contribution in [2.24, 2.45) is 0 Å². The molecule has 0 atom stereocenters. The molecule has 0 fully saturated rings. The summed E-state index contributed by atoms with van der Waals surface area (Å²) in [7, 11) is 1.83. The van der Waals surface area contributed by atoms with E-state index in [2.05, 4.69) is 10.6 Å². The standard InChI is InChI=1S/C14H17N3O4.C10H7NO4/c1-16-5-2-6-17-14(20)9-7-8-3-4-10(18)11(19)12(8)21-13(9)15;11-10-6(4-12)3-5-1-2-7(13)8(14)9(5)15-10/h3-4,7,15-16,18-19H,2,5-6H2,1H3,(H,17,20);1-4,11,13-14H. The average molecular weight is 496 g/mol. The minimum absolute atomic E-state index is 0.00870. The summed E-state index contributed by atoms with van der Waals surface area (Å²) in [5.41, 5.74) is -0.574. The third-order valence-electron chi connectivity index (χ3n) is 5.07. The molecule has 0 aliphatic rings. The van der Waals surface area contributed by atoms with Gasteiger partial charge in [-0.2, -0.15) is 0 Å². The molecule has 12 heteroatoms. The van der Waals surface area contributed by atoms with E-state index in [9.17, 15) is 30.0 Å². The summed E-state index contributed by atoms with van der Waals surface area (Å²) in [5, 5.41) is 59.3. The van der Waals surface area contributed by atoms with Gasteiger partial charge in [-0.15, -0.1) is 0 Å². The zero-order valence-electron chi connectivity index (χ0n) is 19.1. The van der Waals surface area contributed by atoms with Crippen molar-refractivity contribution in [1.82, 2.24) is 10.6 Å². The fourth-order valence-electron chi connectivity index (χ4n) is 3.19. The largest absolute Gasteiger partial charge is 0.504 e. The van der Waals surface area contributed by atoms with Crippen LogP contribution in [0.1, 0.15) is 27.1 Å². The topological polar surface area (TPSA) is 213 Å². The fraction of sp³-hybridized carbons (Fsp3) is 0.167. The second-order valence-electron chi connectivity index (χ2n) is 7.55. The Kier molecular flexibility index (Phi) is 7.92. The third kappa shape index (κ3) is 5.45. The minimum atomic E-state index is -0.443. The second kappa shape index (κ2) is 11.1. The number of phenolic OH excluding ortho intramolecular Hbond substituents is 4. The lowest BCUT2D eigenvalue weighted by atomic mass is 10.1. The zero-order chi connectivity index (χ0) is 26.4. The molecule has 4 rings (SSSR count). The second-order valence-corrected chi connectivity index (χ2v) is 7.55. The predicted molar refractivity (Wildman–Crippen MR) is 127 cm³/mol. The lowest BCUT2D eigenvalue weighted by Gasteiger charge is -2.07. The van der Waals surface area contributed by atoms with Gasteiger partial charge in [0.15, 0.2) is 29.0 Å². The van der Waals surface area contributed by atoms with Crippen molar-refractivity contribution in [3.63, 3.8) is 0 Å². The molecule has 2 heterocycles. The van der Waals surface area contributed by atoms with Gasteiger partial charge in [-0.25, -0.2) is 0 Å². The van der Waals surface area contributed by atoms with Gasteiger partial charge in [-0.05, 0) is 56.4 Å². The Balaban J connectivity index is 0.000000212. The molecule has 0 bridgehead atoms. The van der Waals surface area contributed by atoms with Gasteiger partial charge in [0.25, 0.3) is 5.91 Å². The van der Waals surface area contributed by atoms with Crippen LogP contribution in [0.3, 0.4) is 0 Å². The maximum absolute atomic E-state index is 12.0. The van der Waals surface area contributed by atoms with Crippen LogP contribution in [0.5, 0.6) is 23.0 Å². The Hall–Kier alpha value is -4.84. The van der Waals surface area contributed by atoms with E-state index in [0.717, 1.165) is 13.0 Å². The van der Waals surface area contributed by atoms with Crippen LogP contribution in [0, 0.1) is 10.8 Å². The van der Waals surface area contributed by atoms with Crippen LogP contribution in [0.15, 0.2) is 45.2 Å². The number of carbonyl (C=O) groups excluding carboxylic acids is 2. The molecule has 0 saturated heterocycles. The van der Waals surface area contributed by atoms with E-state index < -0.39 is 17.4 Å². The number of aldehydes is 1. The van der Waals surface area contributed by atoms with Crippen LogP contribution in [0.4, 0.5) is 0 Å². The quantitative estimate of drug-likeness (QED) is 0.111. The number of benzene rings is 2. The number of hydrogen-bond donors (Lipinski definition) is 8. The van der Waals surface area contributed by atoms with Gasteiger partial charge in [-0.1, -0.05) is 0 Å². The minimum Gasteiger partial charge on any atom is -0.504 e. The summed E-state index contributed by atoms with van der Waals surface area (Å²) in [6, 6.07) is 8.43. The van der Waals surface area contributed by atoms with E-state index in [-0.39, 0.29) is 44.9 Å². The molecule has 36 heavy (non-hydrogen) atoms. The first-order valence-corrected chi connectivity index (χ1v) is 10.6. The van der Waals surface area contributed by atoms with Gasteiger partial charge in [0.2, 0.25) is 22.6 Å². The van der Waals surface area contributed by atoms with Gasteiger partial charge in [0, 0.05) is 17.3 Å². The first kappa shape index (κ1) is 25.8. The normalized spacial score (nSPS) is 10.6. The van der Waals surface area contributed by atoms with E-state index >= 15 is 0 Å². The highest BCUT2D eigenvalue weighted by molar-refractivity contribution is 5.97. The number of hydrogen-bond acceptors (Lipinski definition) is 11. The number of fused-ring (bicyclic) bond motifs is 2. The van der Waals surface area contributed by atoms with Gasteiger partial charge in [-0.3, -0.25) is 20.4 Å². The number of aromatic hydroxyl groups is 4. The highest BCUT2D eigenvalue weighted by Gasteiger charge is 2.14. The fourth-order valence-corrected chi connectivity index (χ4v) is 3.19. The van der Waals surface area contributed by atoms with Crippen LogP contribution in [-0.4, -0.2) is 52.8 Å². The summed E-state index contributed by atoms with van der Waals surface area (Å²) in [5.74, 6) is -1.95. The zero-order valence-corrected chi connectivity index (χ0v) is 19.1. The lowest BCUT2D eigenvalue weighted by Crippen LogP contribution is -2.30. The number of amides is 1. The molecule has 2 aromatic heterocycles. The van der Waals surface area contributed by atoms with Crippen molar-refractivity contribution in [2.45, 2.75) is 6.42 Å². The first-order chi connectivity index (χ1) is 17.2. The van der Waals surface area contributed by atoms with Gasteiger partial charge in [0.05, 0.1) is 5.56 Å². The Morgan fingerprint density at radius 1 is 0.889 bits per heavy atom. The summed E-state index contributed by atoms with van der Waals surface area (Å²) in [6.07, 6.45) is 1.27. The van der Waals surface area contributed by atoms with Gasteiger partial charge < -0.3 is 39.9 Å². The smallest absolute Gasteiger partial charge is 0.256 e. The van der Waals surface area contributed by atoms with E-state index in [1.54, 1.807) is 0 Å². The Labute approximate surface area is 203 Å². The van der Waals surface area contributed by atoms with Crippen LogP contribution >= 0.6 is 0 Å². The molecule has 0 radical (unpaired) electrons. The maximum atomic E-state index is 12.0. The van der Waals surface area contributed by atoms with Gasteiger partial charge in [0.1, 0.15) is 5.56 Å². The van der Waals surface area contributed by atoms with E-state index in [1.807, 2.05) is 7.05 Å². The van der Waals surface area contributed by atoms with Crippen LogP contribution in [0.2, 0.25) is 0 Å². The first-order valence-electron chi connectivity index (χ1n) is 10.6. The van der Waals surface area contributed by atoms with Gasteiger partial charge >= 0.3 is 0 Å². The van der Waals surface area contributed by atoms with E-state index in [0.29, 0.717) is 23.6 Å². The molecule has 8 N–H and O–H groups in total. The number of rotatable bonds is 6. The van der Waals surface area contributed by atoms with E-state index in [4.69, 9.17) is 19.7 Å². The molecule has 0 unspecified atom stereocenters. The van der Waals surface area contributed by atoms with Crippen molar-refractivity contribution in [3.05, 3.63) is 58.6 Å². The summed E-state index contributed by atoms with van der Waals surface area (Å²) in [4.78, 5) is 22.5. The molecule has 12 nitrogen and oxygen atoms in total. The number of phenols is 4. The maximum Gasteiger partial charge on any atom is 0.256 e. The van der Waals surface area contributed by atoms with Crippen molar-refractivity contribution in [1.29, 1.82) is 10.8 Å². The highest BCUT2D eigenvalue weighted by atomic mass is 16.4. The van der Waals surface area contributed by atoms with Crippen molar-refractivity contribution >= 4 is 34.1 Å². The SMILES string of the molecule is CNCCCNC(=O)c1cc2ccc(O)c(O)c2oc1=N.N=c1oc2c(O)c(O)ccc2cc1C=O. The predicted octanol–water partition coefficient (Wildman–Crippen LogP) is 1.80. The van der Waals surface area contributed by atoms with Crippen LogP contribution in [-0.2, 0) is 0 Å². The molecule has 4 aromatic rings. The lowest BCUT2D eigenvalue weighted by molar-refractivity contribution is 0.0948. The van der Waals surface area contributed by atoms with Crippen molar-refractivity contribution < 1.29 is 38.8 Å². The molecular formula is C24H24N4O8. The van der Waals surface area contributed by atoms with E-state index in [1.165, 1.54) is 36.4 Å². The van der Waals surface area contributed by atoms with Crippen molar-refractivity contribution in [2.75, 3.05) is 20.1 Å². The average Bonchev–Trinajstić information content (AvgIpc) is 2.87. The Morgan fingerprint density at radius 2 is 1.44 bits per heavy atom. The Bertz CT molecular complexity index is 1560. The third-order valence-corrected chi connectivity index (χ3v) is 5.07. The summed E-state index contributed by atoms with van der Waals surface area (Å²) >= 11 is 0. The number of nitrogens with one attached hydrogen (secondary N) is 4. The Morgan fingerprint density at radius 3 is 2.00 bits per heavy atom. The van der Waals surface area contributed by atoms with Crippen molar-refractivity contribution in [3.8, 4) is 23.0 Å².